The van der Waals surface area contributed by atoms with Crippen molar-refractivity contribution in [3.05, 3.63) is 65.9 Å². The lowest BCUT2D eigenvalue weighted by Gasteiger charge is -2.38. The highest BCUT2D eigenvalue weighted by molar-refractivity contribution is 5.82. The minimum absolute atomic E-state index is 0.152. The average Bonchev–Trinajstić information content (AvgIpc) is 3.07. The molecular formula is C22H26N4O. The maximum Gasteiger partial charge on any atom is 0.191 e. The number of aliphatic imine (C=N–C) groups is 1. The van der Waals surface area contributed by atoms with E-state index in [9.17, 15) is 0 Å². The molecule has 1 aliphatic heterocycles. The summed E-state index contributed by atoms with van der Waals surface area (Å²) in [6, 6.07) is 18.8. The first-order valence-electron chi connectivity index (χ1n) is 9.36. The number of hydrogen-bond acceptors (Lipinski definition) is 2. The van der Waals surface area contributed by atoms with E-state index in [1.165, 1.54) is 10.9 Å². The van der Waals surface area contributed by atoms with Crippen molar-refractivity contribution in [2.45, 2.75) is 38.5 Å². The maximum atomic E-state index is 6.12. The lowest BCUT2D eigenvalue weighted by molar-refractivity contribution is 0.0694. The third-order valence-electron chi connectivity index (χ3n) is 4.94. The quantitative estimate of drug-likeness (QED) is 0.485. The molecule has 0 radical (unpaired) electrons. The predicted octanol–water partition coefficient (Wildman–Crippen LogP) is 4.14. The van der Waals surface area contributed by atoms with Gasteiger partial charge >= 0.3 is 0 Å². The molecule has 0 amide bonds. The SMILES string of the molecule is CN=C(NCc1cc2ccccc2[nH]1)NC1CC(C)(C)Oc2ccccc21. The van der Waals surface area contributed by atoms with Crippen molar-refractivity contribution in [3.8, 4) is 5.75 Å². The highest BCUT2D eigenvalue weighted by Gasteiger charge is 2.33. The lowest BCUT2D eigenvalue weighted by Crippen LogP contribution is -2.45. The molecule has 1 aliphatic rings. The first-order valence-corrected chi connectivity index (χ1v) is 9.36. The van der Waals surface area contributed by atoms with E-state index in [2.05, 4.69) is 70.9 Å². The Bertz CT molecular complexity index is 940. The number of para-hydroxylation sites is 2. The average molecular weight is 362 g/mol. The van der Waals surface area contributed by atoms with Gasteiger partial charge in [-0.05, 0) is 37.4 Å². The molecule has 2 aromatic carbocycles. The van der Waals surface area contributed by atoms with Gasteiger partial charge in [0, 0.05) is 30.2 Å². The second-order valence-electron chi connectivity index (χ2n) is 7.61. The molecule has 2 heterocycles. The van der Waals surface area contributed by atoms with Crippen LogP contribution in [0, 0.1) is 0 Å². The summed E-state index contributed by atoms with van der Waals surface area (Å²) in [5.41, 5.74) is 3.23. The number of benzene rings is 2. The van der Waals surface area contributed by atoms with Crippen molar-refractivity contribution < 1.29 is 4.74 Å². The highest BCUT2D eigenvalue weighted by atomic mass is 16.5. The van der Waals surface area contributed by atoms with E-state index in [0.717, 1.165) is 29.3 Å². The Labute approximate surface area is 159 Å². The molecule has 3 aromatic rings. The van der Waals surface area contributed by atoms with Gasteiger partial charge in [-0.1, -0.05) is 36.4 Å². The van der Waals surface area contributed by atoms with Crippen LogP contribution in [0.15, 0.2) is 59.6 Å². The zero-order valence-electron chi connectivity index (χ0n) is 16.0. The van der Waals surface area contributed by atoms with Crippen LogP contribution in [0.5, 0.6) is 5.75 Å². The molecule has 1 atom stereocenters. The van der Waals surface area contributed by atoms with Gasteiger partial charge in [0.05, 0.1) is 12.6 Å². The first kappa shape index (κ1) is 17.5. The number of fused-ring (bicyclic) bond motifs is 2. The van der Waals surface area contributed by atoms with Gasteiger partial charge in [0.15, 0.2) is 5.96 Å². The van der Waals surface area contributed by atoms with Crippen LogP contribution in [0.1, 0.15) is 37.6 Å². The van der Waals surface area contributed by atoms with Crippen molar-refractivity contribution in [1.29, 1.82) is 0 Å². The molecule has 5 heteroatoms. The molecule has 1 aromatic heterocycles. The van der Waals surface area contributed by atoms with E-state index < -0.39 is 0 Å². The molecule has 1 unspecified atom stereocenters. The van der Waals surface area contributed by atoms with Crippen LogP contribution in [0.3, 0.4) is 0 Å². The van der Waals surface area contributed by atoms with Gasteiger partial charge < -0.3 is 20.4 Å². The molecule has 0 fully saturated rings. The molecular weight excluding hydrogens is 336 g/mol. The van der Waals surface area contributed by atoms with Crippen molar-refractivity contribution in [1.82, 2.24) is 15.6 Å². The summed E-state index contributed by atoms with van der Waals surface area (Å²) in [7, 11) is 1.80. The van der Waals surface area contributed by atoms with Crippen LogP contribution < -0.4 is 15.4 Å². The summed E-state index contributed by atoms with van der Waals surface area (Å²) in [5, 5.41) is 8.21. The van der Waals surface area contributed by atoms with Crippen LogP contribution in [-0.4, -0.2) is 23.6 Å². The summed E-state index contributed by atoms with van der Waals surface area (Å²) >= 11 is 0. The third-order valence-corrected chi connectivity index (χ3v) is 4.94. The summed E-state index contributed by atoms with van der Waals surface area (Å²) in [4.78, 5) is 7.85. The fourth-order valence-corrected chi connectivity index (χ4v) is 3.70. The molecule has 0 aliphatic carbocycles. The molecule has 27 heavy (non-hydrogen) atoms. The highest BCUT2D eigenvalue weighted by Crippen LogP contribution is 2.39. The number of hydrogen-bond donors (Lipinski definition) is 3. The zero-order chi connectivity index (χ0) is 18.9. The van der Waals surface area contributed by atoms with Crippen LogP contribution >= 0.6 is 0 Å². The first-order chi connectivity index (χ1) is 13.0. The van der Waals surface area contributed by atoms with Crippen LogP contribution in [0.2, 0.25) is 0 Å². The number of H-pyrrole nitrogens is 1. The van der Waals surface area contributed by atoms with Gasteiger partial charge in [-0.25, -0.2) is 0 Å². The van der Waals surface area contributed by atoms with Crippen LogP contribution in [0.4, 0.5) is 0 Å². The second kappa shape index (κ2) is 6.99. The Hall–Kier alpha value is -2.95. The van der Waals surface area contributed by atoms with E-state index in [1.807, 2.05) is 18.2 Å². The number of aromatic nitrogens is 1. The van der Waals surface area contributed by atoms with Gasteiger partial charge in [0.25, 0.3) is 0 Å². The smallest absolute Gasteiger partial charge is 0.191 e. The van der Waals surface area contributed by atoms with E-state index in [4.69, 9.17) is 4.74 Å². The Morgan fingerprint density at radius 2 is 1.96 bits per heavy atom. The van der Waals surface area contributed by atoms with E-state index in [-0.39, 0.29) is 11.6 Å². The molecule has 4 rings (SSSR count). The molecule has 3 N–H and O–H groups in total. The topological polar surface area (TPSA) is 61.4 Å². The van der Waals surface area contributed by atoms with Crippen molar-refractivity contribution in [2.24, 2.45) is 4.99 Å². The van der Waals surface area contributed by atoms with E-state index in [0.29, 0.717) is 6.54 Å². The number of ether oxygens (including phenoxy) is 1. The van der Waals surface area contributed by atoms with Crippen molar-refractivity contribution >= 4 is 16.9 Å². The predicted molar refractivity (Wildman–Crippen MR) is 110 cm³/mol. The minimum Gasteiger partial charge on any atom is -0.487 e. The van der Waals surface area contributed by atoms with Gasteiger partial charge in [0.2, 0.25) is 0 Å². The third kappa shape index (κ3) is 3.77. The molecule has 0 saturated carbocycles. The molecule has 140 valence electrons. The number of aromatic amines is 1. The molecule has 0 bridgehead atoms. The zero-order valence-corrected chi connectivity index (χ0v) is 16.0. The number of rotatable bonds is 3. The van der Waals surface area contributed by atoms with Gasteiger partial charge in [0.1, 0.15) is 11.4 Å². The van der Waals surface area contributed by atoms with Crippen molar-refractivity contribution in [2.75, 3.05) is 7.05 Å². The molecule has 0 saturated heterocycles. The number of nitrogens with one attached hydrogen (secondary N) is 3. The molecule has 0 spiro atoms. The lowest BCUT2D eigenvalue weighted by atomic mass is 9.90. The summed E-state index contributed by atoms with van der Waals surface area (Å²) in [5.74, 6) is 1.73. The fourth-order valence-electron chi connectivity index (χ4n) is 3.70. The monoisotopic (exact) mass is 362 g/mol. The fraction of sp³-hybridized carbons (Fsp3) is 0.318. The Morgan fingerprint density at radius 3 is 2.78 bits per heavy atom. The largest absolute Gasteiger partial charge is 0.487 e. The van der Waals surface area contributed by atoms with Crippen LogP contribution in [0.25, 0.3) is 10.9 Å². The Kier molecular flexibility index (Phi) is 4.52. The van der Waals surface area contributed by atoms with Crippen molar-refractivity contribution in [3.63, 3.8) is 0 Å². The standard InChI is InChI=1S/C22H26N4O/c1-22(2)13-19(17-9-5-7-11-20(17)27-22)26-21(23-3)24-14-16-12-15-8-4-6-10-18(15)25-16/h4-12,19,25H,13-14H2,1-3H3,(H2,23,24,26). The Balaban J connectivity index is 1.47. The summed E-state index contributed by atoms with van der Waals surface area (Å²) in [6.07, 6.45) is 0.872. The van der Waals surface area contributed by atoms with Gasteiger partial charge in [-0.3, -0.25) is 4.99 Å². The van der Waals surface area contributed by atoms with E-state index >= 15 is 0 Å². The van der Waals surface area contributed by atoms with Gasteiger partial charge in [-0.2, -0.15) is 0 Å². The van der Waals surface area contributed by atoms with E-state index in [1.54, 1.807) is 7.05 Å². The molecule has 5 nitrogen and oxygen atoms in total. The Morgan fingerprint density at radius 1 is 1.19 bits per heavy atom. The van der Waals surface area contributed by atoms with Gasteiger partial charge in [-0.15, -0.1) is 0 Å². The number of nitrogens with zero attached hydrogens (tertiary/aromatic N) is 1. The number of guanidine groups is 1. The van der Waals surface area contributed by atoms with Crippen LogP contribution in [-0.2, 0) is 6.54 Å². The normalized spacial score (nSPS) is 18.6. The summed E-state index contributed by atoms with van der Waals surface area (Å²) < 4.78 is 6.12. The summed E-state index contributed by atoms with van der Waals surface area (Å²) in [6.45, 7) is 4.93. The second-order valence-corrected chi connectivity index (χ2v) is 7.61. The maximum absolute atomic E-state index is 6.12. The minimum atomic E-state index is -0.220.